The van der Waals surface area contributed by atoms with Crippen molar-refractivity contribution in [3.63, 3.8) is 0 Å². The normalized spacial score (nSPS) is 12.1. The number of carbonyl (C=O) groups excluding carboxylic acids is 1. The van der Waals surface area contributed by atoms with Crippen LogP contribution in [0.15, 0.2) is 28.9 Å². The predicted molar refractivity (Wildman–Crippen MR) is 65.8 cm³/mol. The molecule has 0 aliphatic carbocycles. The standard InChI is InChI=1S/C12H14N4O2/c1-7-3-4-9(18-7)8(2)16-12(17)10-11(13)15-6-5-14-10/h3-6,8H,1-2H3,(H2,13,15)(H,16,17)/t8-/m0/s1. The number of aromatic nitrogens is 2. The van der Waals surface area contributed by atoms with Crippen LogP contribution in [0.2, 0.25) is 0 Å². The van der Waals surface area contributed by atoms with Crippen LogP contribution in [-0.4, -0.2) is 15.9 Å². The highest BCUT2D eigenvalue weighted by molar-refractivity contribution is 5.96. The molecule has 0 spiro atoms. The average molecular weight is 246 g/mol. The van der Waals surface area contributed by atoms with Crippen LogP contribution in [0.4, 0.5) is 5.82 Å². The van der Waals surface area contributed by atoms with Gasteiger partial charge in [0.2, 0.25) is 0 Å². The summed E-state index contributed by atoms with van der Waals surface area (Å²) in [6.07, 6.45) is 2.86. The van der Waals surface area contributed by atoms with Gasteiger partial charge in [0.25, 0.3) is 5.91 Å². The van der Waals surface area contributed by atoms with E-state index in [1.165, 1.54) is 12.4 Å². The summed E-state index contributed by atoms with van der Waals surface area (Å²) in [6, 6.07) is 3.40. The molecule has 2 rings (SSSR count). The van der Waals surface area contributed by atoms with Crippen LogP contribution in [0.5, 0.6) is 0 Å². The molecule has 1 atom stereocenters. The number of nitrogen functional groups attached to an aromatic ring is 1. The lowest BCUT2D eigenvalue weighted by Gasteiger charge is -2.11. The van der Waals surface area contributed by atoms with Gasteiger partial charge in [-0.3, -0.25) is 4.79 Å². The van der Waals surface area contributed by atoms with Crippen LogP contribution < -0.4 is 11.1 Å². The first-order valence-electron chi connectivity index (χ1n) is 5.51. The van der Waals surface area contributed by atoms with E-state index in [0.717, 1.165) is 5.76 Å². The number of furan rings is 1. The van der Waals surface area contributed by atoms with Gasteiger partial charge in [-0.2, -0.15) is 0 Å². The number of hydrogen-bond donors (Lipinski definition) is 2. The topological polar surface area (TPSA) is 94.0 Å². The molecule has 2 heterocycles. The molecule has 0 saturated carbocycles. The van der Waals surface area contributed by atoms with Crippen molar-refractivity contribution in [2.24, 2.45) is 0 Å². The zero-order valence-electron chi connectivity index (χ0n) is 10.2. The van der Waals surface area contributed by atoms with Crippen molar-refractivity contribution in [1.82, 2.24) is 15.3 Å². The van der Waals surface area contributed by atoms with Crippen molar-refractivity contribution >= 4 is 11.7 Å². The summed E-state index contributed by atoms with van der Waals surface area (Å²) in [5.41, 5.74) is 5.70. The van der Waals surface area contributed by atoms with Crippen molar-refractivity contribution in [2.45, 2.75) is 19.9 Å². The van der Waals surface area contributed by atoms with Crippen molar-refractivity contribution in [3.05, 3.63) is 41.7 Å². The number of nitrogens with zero attached hydrogens (tertiary/aromatic N) is 2. The molecular weight excluding hydrogens is 232 g/mol. The Morgan fingerprint density at radius 1 is 1.39 bits per heavy atom. The van der Waals surface area contributed by atoms with Crippen LogP contribution in [0.1, 0.15) is 35.0 Å². The smallest absolute Gasteiger partial charge is 0.274 e. The molecule has 0 aromatic carbocycles. The van der Waals surface area contributed by atoms with Crippen molar-refractivity contribution in [2.75, 3.05) is 5.73 Å². The van der Waals surface area contributed by atoms with Gasteiger partial charge < -0.3 is 15.5 Å². The summed E-state index contributed by atoms with van der Waals surface area (Å²) < 4.78 is 5.43. The van der Waals surface area contributed by atoms with Gasteiger partial charge in [0.05, 0.1) is 6.04 Å². The lowest BCUT2D eigenvalue weighted by atomic mass is 10.2. The minimum Gasteiger partial charge on any atom is -0.464 e. The summed E-state index contributed by atoms with van der Waals surface area (Å²) in [6.45, 7) is 3.67. The van der Waals surface area contributed by atoms with Gasteiger partial charge in [-0.1, -0.05) is 0 Å². The third kappa shape index (κ3) is 2.48. The van der Waals surface area contributed by atoms with E-state index in [4.69, 9.17) is 10.2 Å². The molecule has 2 aromatic heterocycles. The van der Waals surface area contributed by atoms with Gasteiger partial charge >= 0.3 is 0 Å². The maximum atomic E-state index is 11.9. The van der Waals surface area contributed by atoms with E-state index in [1.807, 2.05) is 26.0 Å². The van der Waals surface area contributed by atoms with E-state index < -0.39 is 0 Å². The second kappa shape index (κ2) is 4.87. The molecule has 0 saturated heterocycles. The highest BCUT2D eigenvalue weighted by atomic mass is 16.3. The molecule has 6 heteroatoms. The molecule has 0 radical (unpaired) electrons. The van der Waals surface area contributed by atoms with Crippen LogP contribution in [0.25, 0.3) is 0 Å². The Kier molecular flexibility index (Phi) is 3.27. The summed E-state index contributed by atoms with van der Waals surface area (Å²) in [4.78, 5) is 19.6. The van der Waals surface area contributed by atoms with E-state index in [1.54, 1.807) is 0 Å². The summed E-state index contributed by atoms with van der Waals surface area (Å²) >= 11 is 0. The van der Waals surface area contributed by atoms with E-state index in [-0.39, 0.29) is 23.5 Å². The second-order valence-corrected chi connectivity index (χ2v) is 3.93. The highest BCUT2D eigenvalue weighted by Crippen LogP contribution is 2.16. The van der Waals surface area contributed by atoms with Gasteiger partial charge in [0, 0.05) is 12.4 Å². The van der Waals surface area contributed by atoms with E-state index in [9.17, 15) is 4.79 Å². The van der Waals surface area contributed by atoms with Gasteiger partial charge in [-0.15, -0.1) is 0 Å². The third-order valence-electron chi connectivity index (χ3n) is 2.48. The molecule has 94 valence electrons. The molecule has 0 aliphatic heterocycles. The quantitative estimate of drug-likeness (QED) is 0.854. The Labute approximate surface area is 104 Å². The lowest BCUT2D eigenvalue weighted by Crippen LogP contribution is -2.28. The fourth-order valence-corrected chi connectivity index (χ4v) is 1.55. The molecule has 3 N–H and O–H groups in total. The molecule has 6 nitrogen and oxygen atoms in total. The lowest BCUT2D eigenvalue weighted by molar-refractivity contribution is 0.0930. The largest absolute Gasteiger partial charge is 0.464 e. The van der Waals surface area contributed by atoms with Crippen LogP contribution in [0, 0.1) is 6.92 Å². The highest BCUT2D eigenvalue weighted by Gasteiger charge is 2.17. The van der Waals surface area contributed by atoms with Crippen LogP contribution in [-0.2, 0) is 0 Å². The first kappa shape index (κ1) is 12.1. The maximum Gasteiger partial charge on any atom is 0.274 e. The first-order valence-corrected chi connectivity index (χ1v) is 5.51. The Bertz CT molecular complexity index is 565. The van der Waals surface area contributed by atoms with Gasteiger partial charge in [0.1, 0.15) is 11.5 Å². The van der Waals surface area contributed by atoms with Crippen molar-refractivity contribution < 1.29 is 9.21 Å². The molecule has 0 fully saturated rings. The van der Waals surface area contributed by atoms with Crippen molar-refractivity contribution in [1.29, 1.82) is 0 Å². The number of carbonyl (C=O) groups is 1. The molecule has 0 bridgehead atoms. The summed E-state index contributed by atoms with van der Waals surface area (Å²) in [7, 11) is 0. The number of amides is 1. The fourth-order valence-electron chi connectivity index (χ4n) is 1.55. The monoisotopic (exact) mass is 246 g/mol. The number of rotatable bonds is 3. The number of aryl methyl sites for hydroxylation is 1. The zero-order valence-corrected chi connectivity index (χ0v) is 10.2. The number of nitrogens with one attached hydrogen (secondary N) is 1. The minimum atomic E-state index is -0.373. The van der Waals surface area contributed by atoms with E-state index in [0.29, 0.717) is 5.76 Å². The SMILES string of the molecule is Cc1ccc([C@H](C)NC(=O)c2nccnc2N)o1. The first-order chi connectivity index (χ1) is 8.58. The predicted octanol–water partition coefficient (Wildman–Crippen LogP) is 1.45. The van der Waals surface area contributed by atoms with Gasteiger partial charge in [-0.25, -0.2) is 9.97 Å². The average Bonchev–Trinajstić information content (AvgIpc) is 2.76. The van der Waals surface area contributed by atoms with Crippen LogP contribution in [0.3, 0.4) is 0 Å². The van der Waals surface area contributed by atoms with Gasteiger partial charge in [0.15, 0.2) is 11.5 Å². The van der Waals surface area contributed by atoms with Crippen LogP contribution >= 0.6 is 0 Å². The Morgan fingerprint density at radius 2 is 2.11 bits per heavy atom. The third-order valence-corrected chi connectivity index (χ3v) is 2.48. The number of anilines is 1. The van der Waals surface area contributed by atoms with E-state index in [2.05, 4.69) is 15.3 Å². The molecule has 0 unspecified atom stereocenters. The second-order valence-electron chi connectivity index (χ2n) is 3.93. The number of hydrogen-bond acceptors (Lipinski definition) is 5. The Hall–Kier alpha value is -2.37. The minimum absolute atomic E-state index is 0.109. The Morgan fingerprint density at radius 3 is 2.72 bits per heavy atom. The molecular formula is C12H14N4O2. The zero-order chi connectivity index (χ0) is 13.1. The maximum absolute atomic E-state index is 11.9. The number of nitrogens with two attached hydrogens (primary N) is 1. The molecule has 2 aromatic rings. The van der Waals surface area contributed by atoms with Crippen molar-refractivity contribution in [3.8, 4) is 0 Å². The fraction of sp³-hybridized carbons (Fsp3) is 0.250. The molecule has 0 aliphatic rings. The Balaban J connectivity index is 2.10. The van der Waals surface area contributed by atoms with E-state index >= 15 is 0 Å². The van der Waals surface area contributed by atoms with Gasteiger partial charge in [-0.05, 0) is 26.0 Å². The summed E-state index contributed by atoms with van der Waals surface area (Å²) in [5.74, 6) is 1.22. The summed E-state index contributed by atoms with van der Waals surface area (Å²) in [5, 5.41) is 2.75. The molecule has 1 amide bonds. The molecule has 18 heavy (non-hydrogen) atoms.